The summed E-state index contributed by atoms with van der Waals surface area (Å²) in [4.78, 5) is 27.0. The number of hydrogen-bond donors (Lipinski definition) is 1. The largest absolute Gasteiger partial charge is 0.481 e. The molecule has 0 bridgehead atoms. The zero-order valence-electron chi connectivity index (χ0n) is 12.9. The number of ether oxygens (including phenoxy) is 2. The Kier molecular flexibility index (Phi) is 6.51. The third-order valence-electron chi connectivity index (χ3n) is 3.37. The van der Waals surface area contributed by atoms with Gasteiger partial charge in [-0.05, 0) is 20.8 Å². The predicted molar refractivity (Wildman–Crippen MR) is 76.7 cm³/mol. The number of hydrogen-bond acceptors (Lipinski definition) is 5. The molecule has 0 amide bonds. The van der Waals surface area contributed by atoms with Crippen LogP contribution in [0.15, 0.2) is 4.79 Å². The van der Waals surface area contributed by atoms with Gasteiger partial charge in [0.05, 0.1) is 32.3 Å². The number of aryl methyl sites for hydroxylation is 1. The van der Waals surface area contributed by atoms with Gasteiger partial charge in [0, 0.05) is 24.1 Å². The summed E-state index contributed by atoms with van der Waals surface area (Å²) in [6.07, 6.45) is 0. The molecule has 0 aliphatic heterocycles. The van der Waals surface area contributed by atoms with E-state index in [1.165, 1.54) is 4.57 Å². The Bertz CT molecular complexity index is 553. The Hall–Kier alpha value is -1.73. The van der Waals surface area contributed by atoms with Gasteiger partial charge in [-0.1, -0.05) is 0 Å². The molecule has 1 heterocycles. The van der Waals surface area contributed by atoms with Crippen molar-refractivity contribution in [2.24, 2.45) is 0 Å². The van der Waals surface area contributed by atoms with Crippen LogP contribution in [-0.4, -0.2) is 47.6 Å². The third kappa shape index (κ3) is 4.37. The van der Waals surface area contributed by atoms with Gasteiger partial charge in [-0.25, -0.2) is 4.79 Å². The van der Waals surface area contributed by atoms with Gasteiger partial charge < -0.3 is 14.6 Å². The molecule has 21 heavy (non-hydrogen) atoms. The standard InChI is InChI=1S/C14H22N2O5/c1-9(13(17)18)12-10(2)15-14(19)16(11(12)3)5-6-21-8-7-20-4/h9H,5-8H2,1-4H3,(H,17,18). The number of nitrogens with zero attached hydrogens (tertiary/aromatic N) is 2. The van der Waals surface area contributed by atoms with Crippen LogP contribution in [0.4, 0.5) is 0 Å². The predicted octanol–water partition coefficient (Wildman–Crippen LogP) is 0.711. The van der Waals surface area contributed by atoms with Crippen LogP contribution in [0.1, 0.15) is 29.8 Å². The maximum atomic E-state index is 11.9. The Morgan fingerprint density at radius 3 is 2.57 bits per heavy atom. The van der Waals surface area contributed by atoms with Crippen LogP contribution in [0, 0.1) is 13.8 Å². The molecule has 0 aromatic carbocycles. The van der Waals surface area contributed by atoms with E-state index in [4.69, 9.17) is 14.6 Å². The second-order valence-corrected chi connectivity index (χ2v) is 4.80. The third-order valence-corrected chi connectivity index (χ3v) is 3.37. The Morgan fingerprint density at radius 1 is 1.33 bits per heavy atom. The van der Waals surface area contributed by atoms with Gasteiger partial charge in [-0.2, -0.15) is 4.98 Å². The first-order chi connectivity index (χ1) is 9.90. The zero-order chi connectivity index (χ0) is 16.0. The van der Waals surface area contributed by atoms with Crippen LogP contribution in [0.5, 0.6) is 0 Å². The molecule has 1 atom stereocenters. The molecule has 118 valence electrons. The lowest BCUT2D eigenvalue weighted by Crippen LogP contribution is -2.30. The average Bonchev–Trinajstić information content (AvgIpc) is 2.41. The first kappa shape index (κ1) is 17.3. The molecule has 1 rings (SSSR count). The molecular weight excluding hydrogens is 276 g/mol. The SMILES string of the molecule is COCCOCCn1c(C)c(C(C)C(=O)O)c(C)nc1=O. The summed E-state index contributed by atoms with van der Waals surface area (Å²) in [7, 11) is 1.58. The fourth-order valence-corrected chi connectivity index (χ4v) is 2.23. The first-order valence-electron chi connectivity index (χ1n) is 6.77. The molecule has 0 fully saturated rings. The fraction of sp³-hybridized carbons (Fsp3) is 0.643. The molecule has 0 aliphatic rings. The molecule has 0 saturated heterocycles. The highest BCUT2D eigenvalue weighted by molar-refractivity contribution is 5.76. The summed E-state index contributed by atoms with van der Waals surface area (Å²) in [5.74, 6) is -1.65. The van der Waals surface area contributed by atoms with Gasteiger partial charge in [-0.15, -0.1) is 0 Å². The molecule has 0 spiro atoms. The van der Waals surface area contributed by atoms with Crippen molar-refractivity contribution < 1.29 is 19.4 Å². The van der Waals surface area contributed by atoms with Gasteiger partial charge in [-0.3, -0.25) is 9.36 Å². The topological polar surface area (TPSA) is 90.7 Å². The monoisotopic (exact) mass is 298 g/mol. The van der Waals surface area contributed by atoms with E-state index in [9.17, 15) is 9.59 Å². The summed E-state index contributed by atoms with van der Waals surface area (Å²) in [6.45, 7) is 6.59. The Morgan fingerprint density at radius 2 is 2.00 bits per heavy atom. The summed E-state index contributed by atoms with van der Waals surface area (Å²) in [5, 5.41) is 9.16. The van der Waals surface area contributed by atoms with Crippen molar-refractivity contribution >= 4 is 5.97 Å². The number of carboxylic acids is 1. The molecule has 1 N–H and O–H groups in total. The number of aromatic nitrogens is 2. The maximum Gasteiger partial charge on any atom is 0.348 e. The van der Waals surface area contributed by atoms with Crippen molar-refractivity contribution in [3.8, 4) is 0 Å². The van der Waals surface area contributed by atoms with Crippen molar-refractivity contribution in [1.29, 1.82) is 0 Å². The van der Waals surface area contributed by atoms with E-state index >= 15 is 0 Å². The summed E-state index contributed by atoms with van der Waals surface area (Å²) in [6, 6.07) is 0. The molecule has 0 aliphatic carbocycles. The Balaban J connectivity index is 2.97. The van der Waals surface area contributed by atoms with Gasteiger partial charge in [0.25, 0.3) is 0 Å². The van der Waals surface area contributed by atoms with Crippen molar-refractivity contribution in [3.05, 3.63) is 27.4 Å². The maximum absolute atomic E-state index is 11.9. The van der Waals surface area contributed by atoms with E-state index in [1.54, 1.807) is 27.9 Å². The minimum Gasteiger partial charge on any atom is -0.481 e. The first-order valence-corrected chi connectivity index (χ1v) is 6.77. The highest BCUT2D eigenvalue weighted by atomic mass is 16.5. The van der Waals surface area contributed by atoms with Crippen LogP contribution < -0.4 is 5.69 Å². The second kappa shape index (κ2) is 7.90. The molecule has 1 aromatic rings. The smallest absolute Gasteiger partial charge is 0.348 e. The normalized spacial score (nSPS) is 12.4. The molecule has 0 saturated carbocycles. The number of rotatable bonds is 8. The van der Waals surface area contributed by atoms with Crippen LogP contribution >= 0.6 is 0 Å². The van der Waals surface area contributed by atoms with E-state index in [2.05, 4.69) is 4.98 Å². The fourth-order valence-electron chi connectivity index (χ4n) is 2.23. The lowest BCUT2D eigenvalue weighted by molar-refractivity contribution is -0.138. The van der Waals surface area contributed by atoms with Gasteiger partial charge >= 0.3 is 11.7 Å². The van der Waals surface area contributed by atoms with Crippen molar-refractivity contribution in [3.63, 3.8) is 0 Å². The average molecular weight is 298 g/mol. The number of carboxylic acid groups (broad SMARTS) is 1. The summed E-state index contributed by atoms with van der Waals surface area (Å²) in [5.41, 5.74) is 1.28. The van der Waals surface area contributed by atoms with Crippen LogP contribution in [0.3, 0.4) is 0 Å². The van der Waals surface area contributed by atoms with E-state index in [1.807, 2.05) is 0 Å². The number of carbonyl (C=O) groups is 1. The molecule has 0 radical (unpaired) electrons. The lowest BCUT2D eigenvalue weighted by Gasteiger charge is -2.18. The van der Waals surface area contributed by atoms with E-state index < -0.39 is 11.9 Å². The minimum atomic E-state index is -0.940. The van der Waals surface area contributed by atoms with Crippen molar-refractivity contribution in [2.45, 2.75) is 33.2 Å². The van der Waals surface area contributed by atoms with Crippen LogP contribution in [0.2, 0.25) is 0 Å². The van der Waals surface area contributed by atoms with Crippen molar-refractivity contribution in [1.82, 2.24) is 9.55 Å². The zero-order valence-corrected chi connectivity index (χ0v) is 12.9. The van der Waals surface area contributed by atoms with E-state index in [0.29, 0.717) is 43.3 Å². The van der Waals surface area contributed by atoms with Crippen LogP contribution in [0.25, 0.3) is 0 Å². The Labute approximate surface area is 123 Å². The van der Waals surface area contributed by atoms with Crippen molar-refractivity contribution in [2.75, 3.05) is 26.9 Å². The molecule has 7 heteroatoms. The van der Waals surface area contributed by atoms with E-state index in [0.717, 1.165) is 0 Å². The number of aliphatic carboxylic acids is 1. The number of methoxy groups -OCH3 is 1. The van der Waals surface area contributed by atoms with Gasteiger partial charge in [0.1, 0.15) is 0 Å². The molecule has 7 nitrogen and oxygen atoms in total. The molecule has 1 unspecified atom stereocenters. The van der Waals surface area contributed by atoms with E-state index in [-0.39, 0.29) is 5.69 Å². The van der Waals surface area contributed by atoms with Gasteiger partial charge in [0.15, 0.2) is 0 Å². The van der Waals surface area contributed by atoms with Gasteiger partial charge in [0.2, 0.25) is 0 Å². The second-order valence-electron chi connectivity index (χ2n) is 4.80. The quantitative estimate of drug-likeness (QED) is 0.711. The highest BCUT2D eigenvalue weighted by Crippen LogP contribution is 2.21. The molecular formula is C14H22N2O5. The summed E-state index contributed by atoms with van der Waals surface area (Å²) < 4.78 is 11.7. The highest BCUT2D eigenvalue weighted by Gasteiger charge is 2.22. The lowest BCUT2D eigenvalue weighted by atomic mass is 9.98. The summed E-state index contributed by atoms with van der Waals surface area (Å²) >= 11 is 0. The minimum absolute atomic E-state index is 0.334. The van der Waals surface area contributed by atoms with Crippen LogP contribution in [-0.2, 0) is 20.8 Å². The molecule has 1 aromatic heterocycles.